The van der Waals surface area contributed by atoms with Crippen molar-refractivity contribution in [3.8, 4) is 0 Å². The molecule has 1 N–H and O–H groups in total. The molecule has 1 saturated heterocycles. The van der Waals surface area contributed by atoms with E-state index in [1.807, 2.05) is 0 Å². The number of nitrogens with zero attached hydrogens (tertiary/aromatic N) is 4. The van der Waals surface area contributed by atoms with Crippen molar-refractivity contribution in [2.75, 3.05) is 37.7 Å². The Labute approximate surface area is 129 Å². The molecule has 0 amide bonds. The van der Waals surface area contributed by atoms with Crippen LogP contribution in [0, 0.1) is 0 Å². The Kier molecular flexibility index (Phi) is 4.37. The maximum absolute atomic E-state index is 9.13. The van der Waals surface area contributed by atoms with E-state index in [4.69, 9.17) is 10.1 Å². The number of β-amino-alcohol motifs (C(OH)–C–C–N with tert-alkyl or cyclic N) is 1. The van der Waals surface area contributed by atoms with E-state index in [0.717, 1.165) is 49.1 Å². The standard InChI is InChI=1S/C15H22N4OS/c1-3-13-16-14(12-4-9-21-15(12)17-13)19-6-5-18(7-8-20)11(2)10-19/h4,9,11,20H,3,5-8,10H2,1-2H3. The Morgan fingerprint density at radius 3 is 2.95 bits per heavy atom. The molecule has 1 aliphatic rings. The summed E-state index contributed by atoms with van der Waals surface area (Å²) in [5, 5.41) is 12.4. The van der Waals surface area contributed by atoms with Gasteiger partial charge in [-0.15, -0.1) is 11.3 Å². The van der Waals surface area contributed by atoms with Crippen LogP contribution in [0.25, 0.3) is 10.2 Å². The maximum Gasteiger partial charge on any atom is 0.141 e. The van der Waals surface area contributed by atoms with Gasteiger partial charge >= 0.3 is 0 Å². The molecule has 2 aromatic heterocycles. The van der Waals surface area contributed by atoms with Crippen molar-refractivity contribution in [2.45, 2.75) is 26.3 Å². The first-order valence-electron chi connectivity index (χ1n) is 7.57. The van der Waals surface area contributed by atoms with E-state index in [1.165, 1.54) is 5.39 Å². The lowest BCUT2D eigenvalue weighted by Gasteiger charge is -2.40. The second-order valence-electron chi connectivity index (χ2n) is 5.51. The van der Waals surface area contributed by atoms with Gasteiger partial charge in [0, 0.05) is 38.6 Å². The smallest absolute Gasteiger partial charge is 0.141 e. The summed E-state index contributed by atoms with van der Waals surface area (Å²) in [6.45, 7) is 8.17. The van der Waals surface area contributed by atoms with Crippen molar-refractivity contribution in [3.05, 3.63) is 17.3 Å². The third-order valence-electron chi connectivity index (χ3n) is 4.12. The molecule has 0 saturated carbocycles. The molecule has 3 rings (SSSR count). The van der Waals surface area contributed by atoms with Crippen LogP contribution in [0.2, 0.25) is 0 Å². The average Bonchev–Trinajstić information content (AvgIpc) is 2.96. The molecule has 1 atom stereocenters. The number of anilines is 1. The van der Waals surface area contributed by atoms with Crippen LogP contribution in [0.3, 0.4) is 0 Å². The molecule has 3 heterocycles. The number of fused-ring (bicyclic) bond motifs is 1. The van der Waals surface area contributed by atoms with Crippen LogP contribution in [-0.2, 0) is 6.42 Å². The van der Waals surface area contributed by atoms with Crippen LogP contribution < -0.4 is 4.90 Å². The van der Waals surface area contributed by atoms with Gasteiger partial charge < -0.3 is 10.0 Å². The van der Waals surface area contributed by atoms with E-state index in [2.05, 4.69) is 40.1 Å². The molecule has 114 valence electrons. The van der Waals surface area contributed by atoms with Gasteiger partial charge in [0.1, 0.15) is 16.5 Å². The molecule has 0 bridgehead atoms. The number of aryl methyl sites for hydroxylation is 1. The molecule has 0 aromatic carbocycles. The molecule has 1 unspecified atom stereocenters. The average molecular weight is 306 g/mol. The monoisotopic (exact) mass is 306 g/mol. The number of hydrogen-bond donors (Lipinski definition) is 1. The maximum atomic E-state index is 9.13. The first kappa shape index (κ1) is 14.7. The number of thiophene rings is 1. The van der Waals surface area contributed by atoms with E-state index in [-0.39, 0.29) is 6.61 Å². The fourth-order valence-electron chi connectivity index (χ4n) is 2.93. The normalized spacial score (nSPS) is 20.3. The van der Waals surface area contributed by atoms with Crippen LogP contribution in [-0.4, -0.2) is 58.8 Å². The lowest BCUT2D eigenvalue weighted by Crippen LogP contribution is -2.53. The molecule has 6 heteroatoms. The van der Waals surface area contributed by atoms with Crippen LogP contribution in [0.15, 0.2) is 11.4 Å². The summed E-state index contributed by atoms with van der Waals surface area (Å²) in [4.78, 5) is 15.2. The van der Waals surface area contributed by atoms with Crippen molar-refractivity contribution in [1.29, 1.82) is 0 Å². The summed E-state index contributed by atoms with van der Waals surface area (Å²) in [5.41, 5.74) is 0. The summed E-state index contributed by atoms with van der Waals surface area (Å²) < 4.78 is 0. The molecule has 1 fully saturated rings. The van der Waals surface area contributed by atoms with Gasteiger partial charge in [-0.25, -0.2) is 9.97 Å². The minimum absolute atomic E-state index is 0.229. The zero-order valence-corrected chi connectivity index (χ0v) is 13.4. The fraction of sp³-hybridized carbons (Fsp3) is 0.600. The van der Waals surface area contributed by atoms with Gasteiger partial charge in [0.2, 0.25) is 0 Å². The third-order valence-corrected chi connectivity index (χ3v) is 4.93. The van der Waals surface area contributed by atoms with Crippen molar-refractivity contribution in [3.63, 3.8) is 0 Å². The summed E-state index contributed by atoms with van der Waals surface area (Å²) in [6, 6.07) is 2.55. The molecular formula is C15H22N4OS. The number of hydrogen-bond acceptors (Lipinski definition) is 6. The SMILES string of the molecule is CCc1nc(N2CCN(CCO)C(C)C2)c2ccsc2n1. The second kappa shape index (κ2) is 6.25. The van der Waals surface area contributed by atoms with Gasteiger partial charge in [-0.2, -0.15) is 0 Å². The molecule has 5 nitrogen and oxygen atoms in total. The number of aromatic nitrogens is 2. The molecule has 21 heavy (non-hydrogen) atoms. The minimum atomic E-state index is 0.229. The highest BCUT2D eigenvalue weighted by Gasteiger charge is 2.25. The van der Waals surface area contributed by atoms with Gasteiger partial charge in [-0.1, -0.05) is 6.92 Å². The molecule has 2 aromatic rings. The Balaban J connectivity index is 1.89. The van der Waals surface area contributed by atoms with E-state index < -0.39 is 0 Å². The van der Waals surface area contributed by atoms with Gasteiger partial charge in [-0.3, -0.25) is 4.90 Å². The number of aliphatic hydroxyl groups excluding tert-OH is 1. The van der Waals surface area contributed by atoms with Gasteiger partial charge in [0.25, 0.3) is 0 Å². The van der Waals surface area contributed by atoms with Gasteiger partial charge in [-0.05, 0) is 18.4 Å². The zero-order valence-electron chi connectivity index (χ0n) is 12.6. The van der Waals surface area contributed by atoms with Crippen molar-refractivity contribution in [1.82, 2.24) is 14.9 Å². The number of rotatable bonds is 4. The molecule has 0 radical (unpaired) electrons. The summed E-state index contributed by atoms with van der Waals surface area (Å²) in [6.07, 6.45) is 0.862. The lowest BCUT2D eigenvalue weighted by atomic mass is 10.2. The topological polar surface area (TPSA) is 52.5 Å². The van der Waals surface area contributed by atoms with E-state index in [0.29, 0.717) is 6.04 Å². The highest BCUT2D eigenvalue weighted by atomic mass is 32.1. The lowest BCUT2D eigenvalue weighted by molar-refractivity contribution is 0.146. The van der Waals surface area contributed by atoms with Gasteiger partial charge in [0.05, 0.1) is 12.0 Å². The van der Waals surface area contributed by atoms with Crippen LogP contribution >= 0.6 is 11.3 Å². The summed E-state index contributed by atoms with van der Waals surface area (Å²) in [7, 11) is 0. The predicted octanol–water partition coefficient (Wildman–Crippen LogP) is 1.76. The van der Waals surface area contributed by atoms with Crippen molar-refractivity contribution >= 4 is 27.4 Å². The van der Waals surface area contributed by atoms with Gasteiger partial charge in [0.15, 0.2) is 0 Å². The van der Waals surface area contributed by atoms with E-state index in [1.54, 1.807) is 11.3 Å². The largest absolute Gasteiger partial charge is 0.395 e. The highest BCUT2D eigenvalue weighted by molar-refractivity contribution is 7.16. The summed E-state index contributed by atoms with van der Waals surface area (Å²) in [5.74, 6) is 2.00. The van der Waals surface area contributed by atoms with Crippen LogP contribution in [0.4, 0.5) is 5.82 Å². The highest BCUT2D eigenvalue weighted by Crippen LogP contribution is 2.29. The Bertz CT molecular complexity index is 615. The number of piperazine rings is 1. The first-order chi connectivity index (χ1) is 10.2. The molecule has 1 aliphatic heterocycles. The van der Waals surface area contributed by atoms with Crippen molar-refractivity contribution < 1.29 is 5.11 Å². The molecule has 0 aliphatic carbocycles. The second-order valence-corrected chi connectivity index (χ2v) is 6.41. The number of aliphatic hydroxyl groups is 1. The Hall–Kier alpha value is -1.24. The van der Waals surface area contributed by atoms with E-state index >= 15 is 0 Å². The molecular weight excluding hydrogens is 284 g/mol. The van der Waals surface area contributed by atoms with E-state index in [9.17, 15) is 0 Å². The van der Waals surface area contributed by atoms with Crippen molar-refractivity contribution in [2.24, 2.45) is 0 Å². The van der Waals surface area contributed by atoms with Crippen LogP contribution in [0.5, 0.6) is 0 Å². The predicted molar refractivity (Wildman–Crippen MR) is 87.1 cm³/mol. The zero-order chi connectivity index (χ0) is 14.8. The Morgan fingerprint density at radius 2 is 2.24 bits per heavy atom. The third kappa shape index (κ3) is 2.88. The molecule has 0 spiro atoms. The fourth-order valence-corrected chi connectivity index (χ4v) is 3.71. The quantitative estimate of drug-likeness (QED) is 0.933. The van der Waals surface area contributed by atoms with Crippen LogP contribution in [0.1, 0.15) is 19.7 Å². The minimum Gasteiger partial charge on any atom is -0.395 e. The first-order valence-corrected chi connectivity index (χ1v) is 8.45. The summed E-state index contributed by atoms with van der Waals surface area (Å²) >= 11 is 1.68. The Morgan fingerprint density at radius 1 is 1.38 bits per heavy atom.